The van der Waals surface area contributed by atoms with Crippen LogP contribution in [0.4, 0.5) is 13.2 Å². The molecule has 29 heavy (non-hydrogen) atoms. The molecule has 2 fully saturated rings. The Morgan fingerprint density at radius 1 is 1.31 bits per heavy atom. The van der Waals surface area contributed by atoms with E-state index in [4.69, 9.17) is 4.74 Å². The van der Waals surface area contributed by atoms with Gasteiger partial charge in [-0.05, 0) is 38.4 Å². The number of carbonyl (C=O) groups excluding carboxylic acids is 2. The van der Waals surface area contributed by atoms with Crippen molar-refractivity contribution in [1.82, 2.24) is 15.8 Å². The monoisotopic (exact) mass is 413 g/mol. The Hall–Kier alpha value is -1.97. The summed E-state index contributed by atoms with van der Waals surface area (Å²) in [5, 5.41) is 0. The highest BCUT2D eigenvalue weighted by atomic mass is 19.4. The SMILES string of the molecule is CCOC(=O)C1NNCC1CN1CCCC(C(=O)c2cccc(C(F)(F)F)c2)C1. The molecule has 2 aliphatic rings. The third-order valence-electron chi connectivity index (χ3n) is 5.48. The number of alkyl halides is 3. The standard InChI is InChI=1S/C20H26F3N3O3/c1-2-29-19(28)17-15(10-24-25-17)12-26-8-4-6-14(11-26)18(27)13-5-3-7-16(9-13)20(21,22)23/h3,5,7,9,14-15,17,24-25H,2,4,6,8,10-12H2,1H3. The summed E-state index contributed by atoms with van der Waals surface area (Å²) in [4.78, 5) is 27.0. The number of ketones is 1. The van der Waals surface area contributed by atoms with Gasteiger partial charge in [-0.1, -0.05) is 12.1 Å². The quantitative estimate of drug-likeness (QED) is 0.551. The number of halogens is 3. The normalized spacial score (nSPS) is 25.7. The first-order chi connectivity index (χ1) is 13.8. The number of piperidine rings is 1. The topological polar surface area (TPSA) is 70.7 Å². The second kappa shape index (κ2) is 9.23. The molecular formula is C20H26F3N3O3. The molecule has 0 amide bonds. The lowest BCUT2D eigenvalue weighted by atomic mass is 9.88. The fourth-order valence-electron chi connectivity index (χ4n) is 4.04. The lowest BCUT2D eigenvalue weighted by Gasteiger charge is -2.34. The van der Waals surface area contributed by atoms with Gasteiger partial charge in [-0.2, -0.15) is 13.2 Å². The van der Waals surface area contributed by atoms with Crippen molar-refractivity contribution in [3.63, 3.8) is 0 Å². The Bertz CT molecular complexity index is 741. The zero-order valence-electron chi connectivity index (χ0n) is 16.3. The van der Waals surface area contributed by atoms with E-state index in [-0.39, 0.29) is 29.2 Å². The van der Waals surface area contributed by atoms with Gasteiger partial charge in [0.2, 0.25) is 0 Å². The number of hydrogen-bond acceptors (Lipinski definition) is 6. The van der Waals surface area contributed by atoms with Crippen LogP contribution in [0.3, 0.4) is 0 Å². The highest BCUT2D eigenvalue weighted by Crippen LogP contribution is 2.31. The van der Waals surface area contributed by atoms with Gasteiger partial charge in [-0.25, -0.2) is 5.43 Å². The number of hydrogen-bond donors (Lipinski definition) is 2. The predicted molar refractivity (Wildman–Crippen MR) is 100.0 cm³/mol. The number of esters is 1. The Morgan fingerprint density at radius 3 is 2.83 bits per heavy atom. The van der Waals surface area contributed by atoms with Crippen LogP contribution in [0.5, 0.6) is 0 Å². The van der Waals surface area contributed by atoms with Crippen molar-refractivity contribution in [1.29, 1.82) is 0 Å². The maximum atomic E-state index is 13.0. The Labute approximate surface area is 167 Å². The summed E-state index contributed by atoms with van der Waals surface area (Å²) in [6.07, 6.45) is -3.04. The summed E-state index contributed by atoms with van der Waals surface area (Å²) in [5.74, 6) is -0.923. The minimum Gasteiger partial charge on any atom is -0.465 e. The molecule has 3 rings (SSSR count). The highest BCUT2D eigenvalue weighted by molar-refractivity contribution is 5.98. The van der Waals surface area contributed by atoms with Gasteiger partial charge in [0.05, 0.1) is 12.2 Å². The van der Waals surface area contributed by atoms with Crippen molar-refractivity contribution in [3.05, 3.63) is 35.4 Å². The fourth-order valence-corrected chi connectivity index (χ4v) is 4.04. The van der Waals surface area contributed by atoms with E-state index < -0.39 is 17.8 Å². The number of likely N-dealkylation sites (tertiary alicyclic amines) is 1. The van der Waals surface area contributed by atoms with Gasteiger partial charge in [-0.15, -0.1) is 0 Å². The number of Topliss-reactive ketones (excluding diaryl/α,β-unsaturated/α-hetero) is 1. The van der Waals surface area contributed by atoms with Crippen LogP contribution in [0.15, 0.2) is 24.3 Å². The minimum atomic E-state index is -4.47. The minimum absolute atomic E-state index is 0.00328. The molecule has 0 aromatic heterocycles. The molecule has 2 heterocycles. The molecule has 1 aromatic carbocycles. The number of rotatable bonds is 6. The zero-order chi connectivity index (χ0) is 21.0. The van der Waals surface area contributed by atoms with Crippen LogP contribution in [0.1, 0.15) is 35.7 Å². The summed E-state index contributed by atoms with van der Waals surface area (Å²) in [5.41, 5.74) is 5.21. The van der Waals surface area contributed by atoms with Crippen LogP contribution in [0.25, 0.3) is 0 Å². The summed E-state index contributed by atoms with van der Waals surface area (Å²) in [7, 11) is 0. The highest BCUT2D eigenvalue weighted by Gasteiger charge is 2.37. The third kappa shape index (κ3) is 5.34. The van der Waals surface area contributed by atoms with Gasteiger partial charge in [0.1, 0.15) is 6.04 Å². The van der Waals surface area contributed by atoms with Crippen LogP contribution in [0.2, 0.25) is 0 Å². The second-order valence-electron chi connectivity index (χ2n) is 7.56. The second-order valence-corrected chi connectivity index (χ2v) is 7.56. The van der Waals surface area contributed by atoms with E-state index in [0.717, 1.165) is 25.1 Å². The summed E-state index contributed by atoms with van der Waals surface area (Å²) in [6.45, 7) is 4.53. The van der Waals surface area contributed by atoms with Crippen LogP contribution >= 0.6 is 0 Å². The van der Waals surface area contributed by atoms with E-state index >= 15 is 0 Å². The van der Waals surface area contributed by atoms with Gasteiger partial charge < -0.3 is 9.64 Å². The van der Waals surface area contributed by atoms with Gasteiger partial charge in [0.25, 0.3) is 0 Å². The molecule has 3 atom stereocenters. The molecule has 2 N–H and O–H groups in total. The smallest absolute Gasteiger partial charge is 0.416 e. The Balaban J connectivity index is 1.63. The average molecular weight is 413 g/mol. The predicted octanol–water partition coefficient (Wildman–Crippen LogP) is 2.26. The first-order valence-corrected chi connectivity index (χ1v) is 9.88. The molecule has 3 unspecified atom stereocenters. The molecule has 6 nitrogen and oxygen atoms in total. The lowest BCUT2D eigenvalue weighted by Crippen LogP contribution is -2.46. The number of nitrogens with zero attached hydrogens (tertiary/aromatic N) is 1. The molecule has 0 bridgehead atoms. The summed E-state index contributed by atoms with van der Waals surface area (Å²) < 4.78 is 43.9. The molecule has 0 saturated carbocycles. The molecule has 2 saturated heterocycles. The number of benzene rings is 1. The van der Waals surface area contributed by atoms with Crippen molar-refractivity contribution in [2.45, 2.75) is 32.0 Å². The van der Waals surface area contributed by atoms with Crippen molar-refractivity contribution in [2.75, 3.05) is 32.8 Å². The van der Waals surface area contributed by atoms with Crippen molar-refractivity contribution in [3.8, 4) is 0 Å². The number of ether oxygens (including phenoxy) is 1. The molecule has 0 radical (unpaired) electrons. The third-order valence-corrected chi connectivity index (χ3v) is 5.48. The van der Waals surface area contributed by atoms with E-state index in [1.807, 2.05) is 0 Å². The molecule has 1 aromatic rings. The van der Waals surface area contributed by atoms with E-state index in [0.29, 0.717) is 32.7 Å². The van der Waals surface area contributed by atoms with Crippen LogP contribution in [-0.4, -0.2) is 55.5 Å². The van der Waals surface area contributed by atoms with Crippen molar-refractivity contribution >= 4 is 11.8 Å². The first kappa shape index (κ1) is 21.7. The van der Waals surface area contributed by atoms with E-state index in [1.165, 1.54) is 12.1 Å². The fraction of sp³-hybridized carbons (Fsp3) is 0.600. The Morgan fingerprint density at radius 2 is 2.10 bits per heavy atom. The zero-order valence-corrected chi connectivity index (χ0v) is 16.3. The molecule has 0 aliphatic carbocycles. The summed E-state index contributed by atoms with van der Waals surface area (Å²) >= 11 is 0. The first-order valence-electron chi connectivity index (χ1n) is 9.88. The van der Waals surface area contributed by atoms with Gasteiger partial charge in [-0.3, -0.25) is 15.0 Å². The average Bonchev–Trinajstić information content (AvgIpc) is 3.15. The van der Waals surface area contributed by atoms with Crippen molar-refractivity contribution in [2.24, 2.45) is 11.8 Å². The molecular weight excluding hydrogens is 387 g/mol. The Kier molecular flexibility index (Phi) is 6.92. The molecule has 0 spiro atoms. The molecule has 160 valence electrons. The number of carbonyl (C=O) groups is 2. The lowest BCUT2D eigenvalue weighted by molar-refractivity contribution is -0.146. The van der Waals surface area contributed by atoms with E-state index in [9.17, 15) is 22.8 Å². The maximum Gasteiger partial charge on any atom is 0.416 e. The van der Waals surface area contributed by atoms with Gasteiger partial charge >= 0.3 is 12.1 Å². The number of hydrazine groups is 1. The van der Waals surface area contributed by atoms with Crippen LogP contribution in [-0.2, 0) is 15.7 Å². The van der Waals surface area contributed by atoms with Crippen molar-refractivity contribution < 1.29 is 27.5 Å². The van der Waals surface area contributed by atoms with Crippen LogP contribution in [0, 0.1) is 11.8 Å². The van der Waals surface area contributed by atoms with Crippen LogP contribution < -0.4 is 10.9 Å². The maximum absolute atomic E-state index is 13.0. The van der Waals surface area contributed by atoms with E-state index in [1.54, 1.807) is 6.92 Å². The molecule has 2 aliphatic heterocycles. The molecule has 9 heteroatoms. The largest absolute Gasteiger partial charge is 0.465 e. The van der Waals surface area contributed by atoms with Gasteiger partial charge in [0, 0.05) is 37.0 Å². The summed E-state index contributed by atoms with van der Waals surface area (Å²) in [6, 6.07) is 4.17. The van der Waals surface area contributed by atoms with E-state index in [2.05, 4.69) is 15.8 Å². The number of nitrogens with one attached hydrogen (secondary N) is 2. The van der Waals surface area contributed by atoms with Gasteiger partial charge in [0.15, 0.2) is 5.78 Å².